The van der Waals surface area contributed by atoms with Gasteiger partial charge in [-0.05, 0) is 24.3 Å². The van der Waals surface area contributed by atoms with E-state index >= 15 is 0 Å². The van der Waals surface area contributed by atoms with E-state index in [0.29, 0.717) is 17.5 Å². The first-order valence-electron chi connectivity index (χ1n) is 3.94. The van der Waals surface area contributed by atoms with E-state index in [1.165, 1.54) is 25.5 Å². The quantitative estimate of drug-likeness (QED) is 0.407. The van der Waals surface area contributed by atoms with Gasteiger partial charge in [-0.2, -0.15) is 0 Å². The number of aromatic nitrogens is 1. The Labute approximate surface area is 81.2 Å². The molecule has 72 valence electrons. The SMILES string of the molecule is COC(=O)c1ccnc(C=CC=O)c1. The second kappa shape index (κ2) is 4.91. The topological polar surface area (TPSA) is 56.3 Å². The van der Waals surface area contributed by atoms with E-state index in [2.05, 4.69) is 9.72 Å². The van der Waals surface area contributed by atoms with Gasteiger partial charge < -0.3 is 4.74 Å². The molecule has 0 atom stereocenters. The molecule has 4 nitrogen and oxygen atoms in total. The summed E-state index contributed by atoms with van der Waals surface area (Å²) in [6, 6.07) is 3.09. The van der Waals surface area contributed by atoms with Crippen LogP contribution in [-0.2, 0) is 9.53 Å². The number of rotatable bonds is 3. The fourth-order valence-corrected chi connectivity index (χ4v) is 0.922. The number of carbonyl (C=O) groups is 2. The van der Waals surface area contributed by atoms with E-state index < -0.39 is 5.97 Å². The number of allylic oxidation sites excluding steroid dienone is 1. The zero-order valence-corrected chi connectivity index (χ0v) is 7.64. The molecular weight excluding hydrogens is 182 g/mol. The molecule has 0 aliphatic heterocycles. The molecular formula is C10H9NO3. The van der Waals surface area contributed by atoms with Crippen LogP contribution < -0.4 is 0 Å². The van der Waals surface area contributed by atoms with Crippen LogP contribution in [0.15, 0.2) is 24.4 Å². The van der Waals surface area contributed by atoms with Crippen LogP contribution in [0, 0.1) is 0 Å². The summed E-state index contributed by atoms with van der Waals surface area (Å²) in [6.07, 6.45) is 4.95. The average molecular weight is 191 g/mol. The van der Waals surface area contributed by atoms with Gasteiger partial charge in [0.1, 0.15) is 6.29 Å². The van der Waals surface area contributed by atoms with Crippen LogP contribution in [0.25, 0.3) is 6.08 Å². The Morgan fingerprint density at radius 2 is 2.36 bits per heavy atom. The summed E-state index contributed by atoms with van der Waals surface area (Å²) >= 11 is 0. The molecule has 1 aromatic rings. The van der Waals surface area contributed by atoms with E-state index in [1.807, 2.05) is 0 Å². The predicted octanol–water partition coefficient (Wildman–Crippen LogP) is 1.08. The summed E-state index contributed by atoms with van der Waals surface area (Å²) in [5, 5.41) is 0. The standard InChI is InChI=1S/C10H9NO3/c1-14-10(13)8-4-5-11-9(7-8)3-2-6-12/h2-7H,1H3. The minimum absolute atomic E-state index is 0.410. The van der Waals surface area contributed by atoms with Crippen molar-refractivity contribution in [3.63, 3.8) is 0 Å². The molecule has 0 aromatic carbocycles. The molecule has 1 rings (SSSR count). The fourth-order valence-electron chi connectivity index (χ4n) is 0.922. The minimum atomic E-state index is -0.423. The van der Waals surface area contributed by atoms with Crippen molar-refractivity contribution in [1.82, 2.24) is 4.98 Å². The largest absolute Gasteiger partial charge is 0.465 e. The van der Waals surface area contributed by atoms with Gasteiger partial charge in [-0.1, -0.05) is 0 Å². The van der Waals surface area contributed by atoms with E-state index in [0.717, 1.165) is 0 Å². The van der Waals surface area contributed by atoms with Crippen molar-refractivity contribution in [2.45, 2.75) is 0 Å². The Bertz CT molecular complexity index is 371. The van der Waals surface area contributed by atoms with Crippen molar-refractivity contribution in [2.75, 3.05) is 7.11 Å². The number of hydrogen-bond acceptors (Lipinski definition) is 4. The molecule has 0 aliphatic carbocycles. The Balaban J connectivity index is 2.94. The van der Waals surface area contributed by atoms with Crippen LogP contribution in [0.4, 0.5) is 0 Å². The van der Waals surface area contributed by atoms with Crippen LogP contribution >= 0.6 is 0 Å². The highest BCUT2D eigenvalue weighted by molar-refractivity contribution is 5.89. The molecule has 0 unspecified atom stereocenters. The second-order valence-electron chi connectivity index (χ2n) is 2.46. The fraction of sp³-hybridized carbons (Fsp3) is 0.100. The molecule has 0 bridgehead atoms. The monoisotopic (exact) mass is 191 g/mol. The Kier molecular flexibility index (Phi) is 3.55. The first-order chi connectivity index (χ1) is 6.77. The lowest BCUT2D eigenvalue weighted by Gasteiger charge is -1.98. The maximum Gasteiger partial charge on any atom is 0.337 e. The lowest BCUT2D eigenvalue weighted by molar-refractivity contribution is -0.104. The first-order valence-corrected chi connectivity index (χ1v) is 3.94. The van der Waals surface area contributed by atoms with Crippen molar-refractivity contribution in [1.29, 1.82) is 0 Å². The van der Waals surface area contributed by atoms with E-state index in [9.17, 15) is 9.59 Å². The maximum atomic E-state index is 11.1. The van der Waals surface area contributed by atoms with Crippen LogP contribution in [0.5, 0.6) is 0 Å². The molecule has 4 heteroatoms. The molecule has 0 radical (unpaired) electrons. The van der Waals surface area contributed by atoms with Crippen molar-refractivity contribution < 1.29 is 14.3 Å². The predicted molar refractivity (Wildman–Crippen MR) is 50.7 cm³/mol. The molecule has 0 N–H and O–H groups in total. The molecule has 0 amide bonds. The summed E-state index contributed by atoms with van der Waals surface area (Å²) in [7, 11) is 1.31. The molecule has 1 heterocycles. The average Bonchev–Trinajstić information content (AvgIpc) is 2.25. The third-order valence-corrected chi connectivity index (χ3v) is 1.55. The van der Waals surface area contributed by atoms with E-state index in [4.69, 9.17) is 0 Å². The van der Waals surface area contributed by atoms with Gasteiger partial charge in [0, 0.05) is 6.20 Å². The lowest BCUT2D eigenvalue weighted by atomic mass is 10.2. The molecule has 1 aromatic heterocycles. The van der Waals surface area contributed by atoms with Gasteiger partial charge in [0.15, 0.2) is 0 Å². The summed E-state index contributed by atoms with van der Waals surface area (Å²) in [5.74, 6) is -0.423. The highest BCUT2D eigenvalue weighted by Crippen LogP contribution is 2.04. The highest BCUT2D eigenvalue weighted by atomic mass is 16.5. The van der Waals surface area contributed by atoms with Gasteiger partial charge in [0.2, 0.25) is 0 Å². The smallest absolute Gasteiger partial charge is 0.337 e. The van der Waals surface area contributed by atoms with Gasteiger partial charge in [-0.3, -0.25) is 9.78 Å². The van der Waals surface area contributed by atoms with Gasteiger partial charge in [0.05, 0.1) is 18.4 Å². The molecule has 0 fully saturated rings. The number of ether oxygens (including phenoxy) is 1. The number of aldehydes is 1. The zero-order valence-electron chi connectivity index (χ0n) is 7.64. The Morgan fingerprint density at radius 3 is 3.00 bits per heavy atom. The zero-order chi connectivity index (χ0) is 10.4. The van der Waals surface area contributed by atoms with Gasteiger partial charge in [-0.25, -0.2) is 4.79 Å². The normalized spacial score (nSPS) is 10.1. The van der Waals surface area contributed by atoms with Crippen molar-refractivity contribution in [3.8, 4) is 0 Å². The number of esters is 1. The van der Waals surface area contributed by atoms with E-state index in [1.54, 1.807) is 12.1 Å². The second-order valence-corrected chi connectivity index (χ2v) is 2.46. The minimum Gasteiger partial charge on any atom is -0.465 e. The third kappa shape index (κ3) is 2.52. The number of hydrogen-bond donors (Lipinski definition) is 0. The van der Waals surface area contributed by atoms with Gasteiger partial charge >= 0.3 is 5.97 Å². The van der Waals surface area contributed by atoms with Crippen molar-refractivity contribution in [2.24, 2.45) is 0 Å². The number of pyridine rings is 1. The van der Waals surface area contributed by atoms with Crippen LogP contribution in [0.3, 0.4) is 0 Å². The van der Waals surface area contributed by atoms with Crippen LogP contribution in [0.2, 0.25) is 0 Å². The van der Waals surface area contributed by atoms with Gasteiger partial charge in [-0.15, -0.1) is 0 Å². The molecule has 14 heavy (non-hydrogen) atoms. The van der Waals surface area contributed by atoms with E-state index in [-0.39, 0.29) is 0 Å². The highest BCUT2D eigenvalue weighted by Gasteiger charge is 2.04. The summed E-state index contributed by atoms with van der Waals surface area (Å²) < 4.78 is 4.54. The summed E-state index contributed by atoms with van der Waals surface area (Å²) in [6.45, 7) is 0. The number of nitrogens with zero attached hydrogens (tertiary/aromatic N) is 1. The Hall–Kier alpha value is -1.97. The molecule has 0 spiro atoms. The Morgan fingerprint density at radius 1 is 1.57 bits per heavy atom. The molecule has 0 aliphatic rings. The first kappa shape index (κ1) is 10.1. The molecule has 0 saturated heterocycles. The number of carbonyl (C=O) groups excluding carboxylic acids is 2. The van der Waals surface area contributed by atoms with Crippen molar-refractivity contribution in [3.05, 3.63) is 35.7 Å². The maximum absolute atomic E-state index is 11.1. The number of methoxy groups -OCH3 is 1. The summed E-state index contributed by atoms with van der Waals surface area (Å²) in [5.41, 5.74) is 0.952. The lowest BCUT2D eigenvalue weighted by Crippen LogP contribution is -2.01. The summed E-state index contributed by atoms with van der Waals surface area (Å²) in [4.78, 5) is 25.1. The third-order valence-electron chi connectivity index (χ3n) is 1.55. The van der Waals surface area contributed by atoms with Gasteiger partial charge in [0.25, 0.3) is 0 Å². The van der Waals surface area contributed by atoms with Crippen LogP contribution in [0.1, 0.15) is 16.1 Å². The molecule has 0 saturated carbocycles. The van der Waals surface area contributed by atoms with Crippen LogP contribution in [-0.4, -0.2) is 24.3 Å². The van der Waals surface area contributed by atoms with Crippen molar-refractivity contribution >= 4 is 18.3 Å².